The van der Waals surface area contributed by atoms with Crippen LogP contribution in [0.5, 0.6) is 0 Å². The fourth-order valence-electron chi connectivity index (χ4n) is 1.71. The predicted octanol–water partition coefficient (Wildman–Crippen LogP) is 4.52. The SMILES string of the molecule is N=C(Cc1cc(Cl)cc(Cl)c1)OS(=O)(=O)c1ccc(I)cc1. The van der Waals surface area contributed by atoms with E-state index in [0.717, 1.165) is 3.57 Å². The predicted molar refractivity (Wildman–Crippen MR) is 95.3 cm³/mol. The van der Waals surface area contributed by atoms with Gasteiger partial charge in [-0.25, -0.2) is 0 Å². The number of nitrogens with one attached hydrogen (secondary N) is 1. The zero-order valence-corrected chi connectivity index (χ0v) is 15.5. The fraction of sp³-hybridized carbons (Fsp3) is 0.0714. The summed E-state index contributed by atoms with van der Waals surface area (Å²) in [7, 11) is -4.01. The first kappa shape index (κ1) is 17.5. The molecular weight excluding hydrogens is 460 g/mol. The first-order chi connectivity index (χ1) is 10.3. The second-order valence-corrected chi connectivity index (χ2v) is 8.03. The molecule has 2 aromatic rings. The zero-order chi connectivity index (χ0) is 16.3. The average Bonchev–Trinajstić information content (AvgIpc) is 2.36. The molecule has 0 aromatic heterocycles. The minimum absolute atomic E-state index is 0.00166. The van der Waals surface area contributed by atoms with Crippen molar-refractivity contribution in [2.45, 2.75) is 11.3 Å². The summed E-state index contributed by atoms with van der Waals surface area (Å²) in [6, 6.07) is 10.9. The molecule has 0 radical (unpaired) electrons. The molecule has 0 unspecified atom stereocenters. The number of halogens is 3. The van der Waals surface area contributed by atoms with Gasteiger partial charge in [0.2, 0.25) is 5.90 Å². The number of hydrogen-bond donors (Lipinski definition) is 1. The van der Waals surface area contributed by atoms with Gasteiger partial charge in [0.25, 0.3) is 0 Å². The van der Waals surface area contributed by atoms with E-state index in [9.17, 15) is 8.42 Å². The molecular formula is C14H10Cl2INO3S. The number of hydrogen-bond acceptors (Lipinski definition) is 4. The van der Waals surface area contributed by atoms with Gasteiger partial charge < -0.3 is 4.18 Å². The van der Waals surface area contributed by atoms with Gasteiger partial charge in [0.05, 0.1) is 0 Å². The molecule has 0 heterocycles. The third-order valence-corrected chi connectivity index (χ3v) is 5.03. The topological polar surface area (TPSA) is 67.2 Å². The van der Waals surface area contributed by atoms with Gasteiger partial charge in [0.15, 0.2) is 0 Å². The van der Waals surface area contributed by atoms with Crippen molar-refractivity contribution in [3.05, 3.63) is 61.6 Å². The zero-order valence-electron chi connectivity index (χ0n) is 11.0. The van der Waals surface area contributed by atoms with Gasteiger partial charge in [0.1, 0.15) is 4.90 Å². The first-order valence-electron chi connectivity index (χ1n) is 5.99. The van der Waals surface area contributed by atoms with Gasteiger partial charge >= 0.3 is 10.1 Å². The van der Waals surface area contributed by atoms with Gasteiger partial charge in [-0.3, -0.25) is 5.41 Å². The van der Waals surface area contributed by atoms with Crippen molar-refractivity contribution in [3.63, 3.8) is 0 Å². The van der Waals surface area contributed by atoms with E-state index in [1.165, 1.54) is 12.1 Å². The highest BCUT2D eigenvalue weighted by Crippen LogP contribution is 2.20. The third-order valence-electron chi connectivity index (χ3n) is 2.60. The van der Waals surface area contributed by atoms with Gasteiger partial charge in [-0.1, -0.05) is 23.2 Å². The summed E-state index contributed by atoms with van der Waals surface area (Å²) in [5.74, 6) is -0.406. The summed E-state index contributed by atoms with van der Waals surface area (Å²) in [6.45, 7) is 0. The number of rotatable bonds is 4. The Hall–Kier alpha value is -0.830. The molecule has 0 spiro atoms. The molecule has 0 saturated carbocycles. The van der Waals surface area contributed by atoms with Crippen LogP contribution in [-0.4, -0.2) is 14.3 Å². The van der Waals surface area contributed by atoms with Crippen LogP contribution in [0, 0.1) is 8.98 Å². The van der Waals surface area contributed by atoms with Crippen molar-refractivity contribution < 1.29 is 12.6 Å². The summed E-state index contributed by atoms with van der Waals surface area (Å²) in [6.07, 6.45) is -0.0239. The van der Waals surface area contributed by atoms with Gasteiger partial charge in [-0.05, 0) is 70.6 Å². The molecule has 116 valence electrons. The van der Waals surface area contributed by atoms with Crippen LogP contribution in [0.15, 0.2) is 47.4 Å². The largest absolute Gasteiger partial charge is 0.363 e. The van der Waals surface area contributed by atoms with Gasteiger partial charge in [-0.15, -0.1) is 0 Å². The van der Waals surface area contributed by atoms with E-state index in [1.807, 2.05) is 0 Å². The molecule has 8 heteroatoms. The van der Waals surface area contributed by atoms with Crippen LogP contribution in [0.1, 0.15) is 5.56 Å². The highest BCUT2D eigenvalue weighted by molar-refractivity contribution is 14.1. The summed E-state index contributed by atoms with van der Waals surface area (Å²) >= 11 is 13.8. The van der Waals surface area contributed by atoms with Crippen LogP contribution in [0.4, 0.5) is 0 Å². The van der Waals surface area contributed by atoms with E-state index in [-0.39, 0.29) is 11.3 Å². The van der Waals surface area contributed by atoms with Crippen LogP contribution < -0.4 is 0 Å². The van der Waals surface area contributed by atoms with Crippen LogP contribution in [-0.2, 0) is 20.7 Å². The number of benzene rings is 2. The highest BCUT2D eigenvalue weighted by Gasteiger charge is 2.18. The van der Waals surface area contributed by atoms with Crippen molar-refractivity contribution >= 4 is 61.8 Å². The lowest BCUT2D eigenvalue weighted by Gasteiger charge is -2.08. The molecule has 0 saturated heterocycles. The Morgan fingerprint density at radius 1 is 1.09 bits per heavy atom. The lowest BCUT2D eigenvalue weighted by molar-refractivity contribution is 0.474. The minimum Gasteiger partial charge on any atom is -0.363 e. The normalized spacial score (nSPS) is 11.2. The van der Waals surface area contributed by atoms with Crippen LogP contribution in [0.3, 0.4) is 0 Å². The Morgan fingerprint density at radius 2 is 1.64 bits per heavy atom. The Bertz CT molecular complexity index is 787. The van der Waals surface area contributed by atoms with E-state index in [0.29, 0.717) is 15.6 Å². The molecule has 0 bridgehead atoms. The second-order valence-electron chi connectivity index (χ2n) is 4.37. The second kappa shape index (κ2) is 7.16. The first-order valence-corrected chi connectivity index (χ1v) is 9.23. The van der Waals surface area contributed by atoms with E-state index >= 15 is 0 Å². The Morgan fingerprint density at radius 3 is 2.18 bits per heavy atom. The third kappa shape index (κ3) is 4.84. The molecule has 0 atom stereocenters. The van der Waals surface area contributed by atoms with Crippen LogP contribution in [0.2, 0.25) is 10.0 Å². The van der Waals surface area contributed by atoms with E-state index in [2.05, 4.69) is 22.6 Å². The maximum Gasteiger partial charge on any atom is 0.340 e. The highest BCUT2D eigenvalue weighted by atomic mass is 127. The van der Waals surface area contributed by atoms with E-state index in [4.69, 9.17) is 32.8 Å². The van der Waals surface area contributed by atoms with Crippen molar-refractivity contribution in [1.29, 1.82) is 5.41 Å². The molecule has 0 amide bonds. The Kier molecular flexibility index (Phi) is 5.70. The summed E-state index contributed by atoms with van der Waals surface area (Å²) in [5.41, 5.74) is 0.598. The Labute approximate surface area is 152 Å². The summed E-state index contributed by atoms with van der Waals surface area (Å²) < 4.78 is 29.8. The van der Waals surface area contributed by atoms with Gasteiger partial charge in [0, 0.05) is 20.0 Å². The van der Waals surface area contributed by atoms with Crippen LogP contribution >= 0.6 is 45.8 Å². The average molecular weight is 470 g/mol. The van der Waals surface area contributed by atoms with Crippen molar-refractivity contribution in [2.24, 2.45) is 0 Å². The molecule has 4 nitrogen and oxygen atoms in total. The lowest BCUT2D eigenvalue weighted by Crippen LogP contribution is -2.14. The van der Waals surface area contributed by atoms with Crippen LogP contribution in [0.25, 0.3) is 0 Å². The fourth-order valence-corrected chi connectivity index (χ4v) is 3.53. The molecule has 2 aromatic carbocycles. The van der Waals surface area contributed by atoms with Gasteiger partial charge in [-0.2, -0.15) is 8.42 Å². The lowest BCUT2D eigenvalue weighted by atomic mass is 10.1. The monoisotopic (exact) mass is 469 g/mol. The standard InChI is InChI=1S/C14H10Cl2INO3S/c15-10-5-9(6-11(16)8-10)7-14(18)21-22(19,20)13-3-1-12(17)2-4-13/h1-6,8,18H,7H2. The van der Waals surface area contributed by atoms with E-state index in [1.54, 1.807) is 30.3 Å². The minimum atomic E-state index is -4.01. The summed E-state index contributed by atoms with van der Waals surface area (Å²) in [5, 5.41) is 8.55. The molecule has 22 heavy (non-hydrogen) atoms. The van der Waals surface area contributed by atoms with Crippen molar-refractivity contribution in [2.75, 3.05) is 0 Å². The summed E-state index contributed by atoms with van der Waals surface area (Å²) in [4.78, 5) is 0.00166. The Balaban J connectivity index is 2.12. The smallest absolute Gasteiger partial charge is 0.340 e. The maximum atomic E-state index is 12.1. The van der Waals surface area contributed by atoms with E-state index < -0.39 is 16.0 Å². The van der Waals surface area contributed by atoms with Crippen molar-refractivity contribution in [1.82, 2.24) is 0 Å². The molecule has 2 rings (SSSR count). The van der Waals surface area contributed by atoms with Crippen molar-refractivity contribution in [3.8, 4) is 0 Å². The quantitative estimate of drug-likeness (QED) is 0.309. The maximum absolute atomic E-state index is 12.1. The molecule has 0 aliphatic carbocycles. The molecule has 0 aliphatic rings. The molecule has 0 fully saturated rings. The molecule has 0 aliphatic heterocycles. The molecule has 1 N–H and O–H groups in total.